The van der Waals surface area contributed by atoms with E-state index in [0.29, 0.717) is 31.2 Å². The van der Waals surface area contributed by atoms with Crippen molar-refractivity contribution in [2.45, 2.75) is 40.0 Å². The molecule has 0 bridgehead atoms. The van der Waals surface area contributed by atoms with Gasteiger partial charge in [0.05, 0.1) is 6.61 Å². The van der Waals surface area contributed by atoms with Gasteiger partial charge in [0, 0.05) is 24.7 Å². The van der Waals surface area contributed by atoms with Gasteiger partial charge in [-0.05, 0) is 37.3 Å². The molecule has 3 N–H and O–H groups in total. The number of hydrogen-bond acceptors (Lipinski definition) is 3. The lowest BCUT2D eigenvalue weighted by Gasteiger charge is -2.13. The summed E-state index contributed by atoms with van der Waals surface area (Å²) in [4.78, 5) is 22.1. The fourth-order valence-corrected chi connectivity index (χ4v) is 1.85. The third-order valence-corrected chi connectivity index (χ3v) is 3.25. The van der Waals surface area contributed by atoms with Gasteiger partial charge in [0.1, 0.15) is 5.75 Å². The first-order chi connectivity index (χ1) is 10.9. The minimum atomic E-state index is -0.867. The fraction of sp³-hybridized carbons (Fsp3) is 0.529. The highest BCUT2D eigenvalue weighted by atomic mass is 16.5. The Kier molecular flexibility index (Phi) is 7.94. The van der Waals surface area contributed by atoms with Gasteiger partial charge in [0.15, 0.2) is 0 Å². The highest BCUT2D eigenvalue weighted by Crippen LogP contribution is 2.23. The third-order valence-electron chi connectivity index (χ3n) is 3.25. The molecule has 0 aliphatic carbocycles. The van der Waals surface area contributed by atoms with Crippen molar-refractivity contribution in [3.05, 3.63) is 23.8 Å². The van der Waals surface area contributed by atoms with E-state index in [9.17, 15) is 9.59 Å². The van der Waals surface area contributed by atoms with Gasteiger partial charge in [-0.1, -0.05) is 19.9 Å². The molecule has 0 radical (unpaired) electrons. The molecule has 128 valence electrons. The zero-order valence-electron chi connectivity index (χ0n) is 14.0. The predicted octanol–water partition coefficient (Wildman–Crippen LogP) is 3.41. The summed E-state index contributed by atoms with van der Waals surface area (Å²) < 4.78 is 5.76. The van der Waals surface area contributed by atoms with Crippen molar-refractivity contribution in [1.82, 2.24) is 5.32 Å². The number of rotatable bonds is 9. The average Bonchev–Trinajstić information content (AvgIpc) is 2.46. The molecule has 1 aromatic rings. The van der Waals surface area contributed by atoms with Crippen molar-refractivity contribution in [2.75, 3.05) is 18.5 Å². The number of aliphatic carboxylic acids is 1. The molecular formula is C17H26N2O4. The lowest BCUT2D eigenvalue weighted by atomic mass is 10.1. The first-order valence-corrected chi connectivity index (χ1v) is 7.88. The Labute approximate surface area is 137 Å². The number of hydrogen-bond donors (Lipinski definition) is 3. The molecule has 0 saturated heterocycles. The number of nitrogens with one attached hydrogen (secondary N) is 2. The van der Waals surface area contributed by atoms with Crippen LogP contribution in [-0.4, -0.2) is 30.3 Å². The summed E-state index contributed by atoms with van der Waals surface area (Å²) in [6, 6.07) is 5.14. The summed E-state index contributed by atoms with van der Waals surface area (Å²) >= 11 is 0. The number of amides is 2. The minimum absolute atomic E-state index is 0.0403. The van der Waals surface area contributed by atoms with Gasteiger partial charge in [0.2, 0.25) is 0 Å². The molecule has 2 amide bonds. The van der Waals surface area contributed by atoms with Crippen LogP contribution in [-0.2, 0) is 4.79 Å². The normalized spacial score (nSPS) is 10.4. The van der Waals surface area contributed by atoms with Gasteiger partial charge in [-0.2, -0.15) is 0 Å². The van der Waals surface area contributed by atoms with Crippen LogP contribution >= 0.6 is 0 Å². The van der Waals surface area contributed by atoms with Gasteiger partial charge in [-0.3, -0.25) is 4.79 Å². The maximum atomic E-state index is 11.7. The zero-order valence-corrected chi connectivity index (χ0v) is 14.0. The summed E-state index contributed by atoms with van der Waals surface area (Å²) in [5.74, 6) is 0.469. The average molecular weight is 322 g/mol. The van der Waals surface area contributed by atoms with Crippen molar-refractivity contribution in [3.63, 3.8) is 0 Å². The summed E-state index contributed by atoms with van der Waals surface area (Å²) in [6.07, 6.45) is 1.42. The highest BCUT2D eigenvalue weighted by Gasteiger charge is 2.06. The van der Waals surface area contributed by atoms with Crippen molar-refractivity contribution < 1.29 is 19.4 Å². The summed E-state index contributed by atoms with van der Waals surface area (Å²) in [5.41, 5.74) is 1.66. The van der Waals surface area contributed by atoms with Gasteiger partial charge >= 0.3 is 12.0 Å². The van der Waals surface area contributed by atoms with E-state index in [1.165, 1.54) is 0 Å². The second kappa shape index (κ2) is 9.71. The van der Waals surface area contributed by atoms with E-state index < -0.39 is 5.97 Å². The van der Waals surface area contributed by atoms with Crippen molar-refractivity contribution in [2.24, 2.45) is 5.92 Å². The maximum Gasteiger partial charge on any atom is 0.319 e. The smallest absolute Gasteiger partial charge is 0.319 e. The van der Waals surface area contributed by atoms with Crippen molar-refractivity contribution in [1.29, 1.82) is 0 Å². The number of aryl methyl sites for hydroxylation is 1. The highest BCUT2D eigenvalue weighted by molar-refractivity contribution is 5.89. The number of benzene rings is 1. The zero-order chi connectivity index (χ0) is 17.2. The predicted molar refractivity (Wildman–Crippen MR) is 90.0 cm³/mol. The molecule has 0 saturated carbocycles. The Hall–Kier alpha value is -2.24. The second-order valence-electron chi connectivity index (χ2n) is 5.89. The van der Waals surface area contributed by atoms with Crippen molar-refractivity contribution >= 4 is 17.7 Å². The van der Waals surface area contributed by atoms with Crippen LogP contribution in [0.25, 0.3) is 0 Å². The quantitative estimate of drug-likeness (QED) is 0.608. The Bertz CT molecular complexity index is 529. The van der Waals surface area contributed by atoms with Gasteiger partial charge < -0.3 is 20.5 Å². The number of carboxylic acids is 1. The lowest BCUT2D eigenvalue weighted by molar-refractivity contribution is -0.137. The number of carbonyl (C=O) groups excluding carboxylic acids is 1. The monoisotopic (exact) mass is 322 g/mol. The minimum Gasteiger partial charge on any atom is -0.493 e. The standard InChI is InChI=1S/C17H26N2O4/c1-12(2)8-10-23-15-11-14(7-6-13(15)3)19-17(22)18-9-4-5-16(20)21/h6-7,11-12H,4-5,8-10H2,1-3H3,(H,20,21)(H2,18,19,22). The topological polar surface area (TPSA) is 87.7 Å². The Balaban J connectivity index is 2.46. The number of anilines is 1. The van der Waals surface area contributed by atoms with E-state index in [2.05, 4.69) is 24.5 Å². The number of ether oxygens (including phenoxy) is 1. The van der Waals surface area contributed by atoms with E-state index >= 15 is 0 Å². The molecule has 0 atom stereocenters. The molecular weight excluding hydrogens is 296 g/mol. The van der Waals surface area contributed by atoms with Gasteiger partial charge in [0.25, 0.3) is 0 Å². The van der Waals surface area contributed by atoms with Crippen LogP contribution in [0.15, 0.2) is 18.2 Å². The molecule has 1 aromatic carbocycles. The molecule has 23 heavy (non-hydrogen) atoms. The molecule has 6 heteroatoms. The molecule has 1 rings (SSSR count). The molecule has 0 aromatic heterocycles. The second-order valence-corrected chi connectivity index (χ2v) is 5.89. The molecule has 0 fully saturated rings. The van der Waals surface area contributed by atoms with E-state index in [1.54, 1.807) is 6.07 Å². The molecule has 0 heterocycles. The first-order valence-electron chi connectivity index (χ1n) is 7.88. The van der Waals surface area contributed by atoms with E-state index in [1.807, 2.05) is 19.1 Å². The largest absolute Gasteiger partial charge is 0.493 e. The van der Waals surface area contributed by atoms with Crippen LogP contribution < -0.4 is 15.4 Å². The van der Waals surface area contributed by atoms with Crippen LogP contribution in [0.4, 0.5) is 10.5 Å². The summed E-state index contributed by atoms with van der Waals surface area (Å²) in [6.45, 7) is 7.21. The van der Waals surface area contributed by atoms with E-state index in [4.69, 9.17) is 9.84 Å². The number of urea groups is 1. The Morgan fingerprint density at radius 3 is 2.70 bits per heavy atom. The van der Waals surface area contributed by atoms with E-state index in [0.717, 1.165) is 17.7 Å². The van der Waals surface area contributed by atoms with Crippen LogP contribution in [0.1, 0.15) is 38.7 Å². The first kappa shape index (κ1) is 18.8. The van der Waals surface area contributed by atoms with Crippen LogP contribution in [0.5, 0.6) is 5.75 Å². The molecule has 0 aliphatic rings. The molecule has 0 spiro atoms. The summed E-state index contributed by atoms with van der Waals surface area (Å²) in [5, 5.41) is 13.9. The van der Waals surface area contributed by atoms with Crippen LogP contribution in [0.3, 0.4) is 0 Å². The number of carbonyl (C=O) groups is 2. The van der Waals surface area contributed by atoms with Crippen molar-refractivity contribution in [3.8, 4) is 5.75 Å². The molecule has 0 aliphatic heterocycles. The van der Waals surface area contributed by atoms with Gasteiger partial charge in [-0.25, -0.2) is 4.79 Å². The van der Waals surface area contributed by atoms with Crippen LogP contribution in [0.2, 0.25) is 0 Å². The Morgan fingerprint density at radius 1 is 1.30 bits per heavy atom. The number of carboxylic acid groups (broad SMARTS) is 1. The Morgan fingerprint density at radius 2 is 2.04 bits per heavy atom. The lowest BCUT2D eigenvalue weighted by Crippen LogP contribution is -2.29. The fourth-order valence-electron chi connectivity index (χ4n) is 1.85. The molecule has 6 nitrogen and oxygen atoms in total. The maximum absolute atomic E-state index is 11.7. The summed E-state index contributed by atoms with van der Waals surface area (Å²) in [7, 11) is 0. The SMILES string of the molecule is Cc1ccc(NC(=O)NCCCC(=O)O)cc1OCCC(C)C. The van der Waals surface area contributed by atoms with E-state index in [-0.39, 0.29) is 12.5 Å². The van der Waals surface area contributed by atoms with Crippen LogP contribution in [0, 0.1) is 12.8 Å². The van der Waals surface area contributed by atoms with Gasteiger partial charge in [-0.15, -0.1) is 0 Å². The third kappa shape index (κ3) is 8.09. The molecule has 0 unspecified atom stereocenters.